The number of benzene rings is 1. The fraction of sp³-hybridized carbons (Fsp3) is 0.452. The van der Waals surface area contributed by atoms with Gasteiger partial charge in [0.1, 0.15) is 29.7 Å². The number of nitrogens with zero attached hydrogens (tertiary/aromatic N) is 5. The van der Waals surface area contributed by atoms with Gasteiger partial charge in [-0.05, 0) is 51.3 Å². The van der Waals surface area contributed by atoms with E-state index < -0.39 is 5.54 Å². The predicted molar refractivity (Wildman–Crippen MR) is 157 cm³/mol. The van der Waals surface area contributed by atoms with Crippen LogP contribution in [-0.4, -0.2) is 70.6 Å². The molecule has 10 heteroatoms. The molecular formula is C31H38N6O4. The molecule has 0 radical (unpaired) electrons. The Balaban J connectivity index is 1.34. The minimum atomic E-state index is -0.499. The Hall–Kier alpha value is -4.21. The second-order valence-electron chi connectivity index (χ2n) is 11.6. The summed E-state index contributed by atoms with van der Waals surface area (Å²) >= 11 is 0. The van der Waals surface area contributed by atoms with E-state index in [9.17, 15) is 9.59 Å². The second-order valence-corrected chi connectivity index (χ2v) is 11.6. The van der Waals surface area contributed by atoms with Crippen LogP contribution in [0.3, 0.4) is 0 Å². The third-order valence-corrected chi connectivity index (χ3v) is 7.82. The van der Waals surface area contributed by atoms with Gasteiger partial charge in [0.2, 0.25) is 0 Å². The first kappa shape index (κ1) is 28.3. The molecule has 1 aromatic carbocycles. The zero-order valence-corrected chi connectivity index (χ0v) is 24.8. The maximum Gasteiger partial charge on any atom is 0.339 e. The molecule has 1 atom stereocenters. The summed E-state index contributed by atoms with van der Waals surface area (Å²) in [7, 11) is 1.37. The van der Waals surface area contributed by atoms with Gasteiger partial charge < -0.3 is 24.6 Å². The van der Waals surface area contributed by atoms with Crippen molar-refractivity contribution < 1.29 is 19.1 Å². The molecule has 1 saturated heterocycles. The number of hydrogen-bond donors (Lipinski definition) is 1. The van der Waals surface area contributed by atoms with E-state index in [2.05, 4.69) is 15.2 Å². The van der Waals surface area contributed by atoms with E-state index in [4.69, 9.17) is 19.4 Å². The molecule has 4 heterocycles. The Morgan fingerprint density at radius 1 is 1.15 bits per heavy atom. The number of piperazine rings is 1. The Morgan fingerprint density at radius 2 is 1.90 bits per heavy atom. The Morgan fingerprint density at radius 3 is 2.59 bits per heavy atom. The lowest BCUT2D eigenvalue weighted by molar-refractivity contribution is 0.0505. The average molecular weight is 559 g/mol. The lowest BCUT2D eigenvalue weighted by Gasteiger charge is -2.47. The third kappa shape index (κ3) is 5.42. The molecule has 10 nitrogen and oxygen atoms in total. The summed E-state index contributed by atoms with van der Waals surface area (Å²) < 4.78 is 10.7. The average Bonchev–Trinajstić information content (AvgIpc) is 3.34. The number of esters is 1. The van der Waals surface area contributed by atoms with Crippen LogP contribution >= 0.6 is 0 Å². The van der Waals surface area contributed by atoms with Gasteiger partial charge in [0, 0.05) is 25.2 Å². The van der Waals surface area contributed by atoms with Crippen LogP contribution in [-0.2, 0) is 4.74 Å². The minimum Gasteiger partial charge on any atom is -0.491 e. The summed E-state index contributed by atoms with van der Waals surface area (Å²) in [4.78, 5) is 44.2. The van der Waals surface area contributed by atoms with Gasteiger partial charge in [0.15, 0.2) is 0 Å². The number of para-hydroxylation sites is 1. The van der Waals surface area contributed by atoms with Crippen molar-refractivity contribution in [2.24, 2.45) is 0 Å². The van der Waals surface area contributed by atoms with Crippen LogP contribution < -0.4 is 15.0 Å². The number of hydrogen-bond acceptors (Lipinski definition) is 9. The van der Waals surface area contributed by atoms with Crippen LogP contribution in [0.2, 0.25) is 0 Å². The molecule has 2 aromatic heterocycles. The van der Waals surface area contributed by atoms with E-state index in [1.54, 1.807) is 6.20 Å². The first-order valence-corrected chi connectivity index (χ1v) is 14.0. The van der Waals surface area contributed by atoms with Crippen LogP contribution in [0.4, 0.5) is 11.6 Å². The van der Waals surface area contributed by atoms with Crippen LogP contribution in [0.15, 0.2) is 36.5 Å². The Labute approximate surface area is 241 Å². The van der Waals surface area contributed by atoms with Crippen molar-refractivity contribution >= 4 is 23.5 Å². The topological polar surface area (TPSA) is 110 Å². The molecule has 1 unspecified atom stereocenters. The molecular weight excluding hydrogens is 520 g/mol. The Bertz CT molecular complexity index is 1460. The smallest absolute Gasteiger partial charge is 0.339 e. The number of nitrogens with one attached hydrogen (secondary N) is 1. The van der Waals surface area contributed by atoms with E-state index in [0.717, 1.165) is 28.4 Å². The van der Waals surface area contributed by atoms with Gasteiger partial charge in [-0.3, -0.25) is 4.79 Å². The number of fused-ring (bicyclic) bond motifs is 1. The minimum absolute atomic E-state index is 0.0332. The number of amides is 1. The zero-order chi connectivity index (χ0) is 29.5. The summed E-state index contributed by atoms with van der Waals surface area (Å²) in [6, 6.07) is 9.85. The Kier molecular flexibility index (Phi) is 7.59. The summed E-state index contributed by atoms with van der Waals surface area (Å²) in [6.07, 6.45) is 1.57. The van der Waals surface area contributed by atoms with E-state index in [-0.39, 0.29) is 23.8 Å². The van der Waals surface area contributed by atoms with Gasteiger partial charge in [0.05, 0.1) is 41.8 Å². The van der Waals surface area contributed by atoms with Gasteiger partial charge in [-0.25, -0.2) is 19.7 Å². The number of carbonyl (C=O) groups is 2. The highest BCUT2D eigenvalue weighted by molar-refractivity contribution is 5.93. The van der Waals surface area contributed by atoms with Gasteiger partial charge in [-0.1, -0.05) is 32.0 Å². The number of ether oxygens (including phenoxy) is 2. The van der Waals surface area contributed by atoms with Crippen molar-refractivity contribution in [1.29, 1.82) is 0 Å². The van der Waals surface area contributed by atoms with Crippen LogP contribution in [0, 0.1) is 13.8 Å². The zero-order valence-electron chi connectivity index (χ0n) is 24.8. The first-order valence-electron chi connectivity index (χ1n) is 14.0. The van der Waals surface area contributed by atoms with E-state index >= 15 is 0 Å². The molecule has 2 aliphatic rings. The number of rotatable bonds is 6. The fourth-order valence-electron chi connectivity index (χ4n) is 5.72. The van der Waals surface area contributed by atoms with Gasteiger partial charge >= 0.3 is 5.97 Å². The molecule has 1 fully saturated rings. The number of aryl methyl sites for hydroxylation is 2. The van der Waals surface area contributed by atoms with Crippen LogP contribution in [0.5, 0.6) is 5.75 Å². The molecule has 0 bridgehead atoms. The lowest BCUT2D eigenvalue weighted by Crippen LogP contribution is -2.61. The number of carbonyl (C=O) groups excluding carboxylic acids is 2. The molecule has 3 aromatic rings. The molecule has 0 aliphatic carbocycles. The van der Waals surface area contributed by atoms with E-state index in [0.29, 0.717) is 49.0 Å². The SMILES string of the molecule is COC(=O)c1c(C)cc(N2CCN(C(=O)c3cnc(NC4COc5ccccc54)c(C(C)C)n3)C(C)(C)C2)nc1C. The largest absolute Gasteiger partial charge is 0.491 e. The summed E-state index contributed by atoms with van der Waals surface area (Å²) in [5.41, 5.74) is 3.60. The molecule has 1 amide bonds. The maximum atomic E-state index is 13.8. The predicted octanol–water partition coefficient (Wildman–Crippen LogP) is 4.69. The van der Waals surface area contributed by atoms with E-state index in [1.165, 1.54) is 7.11 Å². The highest BCUT2D eigenvalue weighted by Gasteiger charge is 2.39. The summed E-state index contributed by atoms with van der Waals surface area (Å²) in [6.45, 7) is 14.1. The monoisotopic (exact) mass is 558 g/mol. The second kappa shape index (κ2) is 11.0. The van der Waals surface area contributed by atoms with Gasteiger partial charge in [-0.15, -0.1) is 0 Å². The fourth-order valence-corrected chi connectivity index (χ4v) is 5.72. The quantitative estimate of drug-likeness (QED) is 0.431. The maximum absolute atomic E-state index is 13.8. The van der Waals surface area contributed by atoms with Crippen LogP contribution in [0.25, 0.3) is 0 Å². The third-order valence-electron chi connectivity index (χ3n) is 7.82. The van der Waals surface area contributed by atoms with Crippen molar-refractivity contribution in [3.05, 3.63) is 70.3 Å². The number of anilines is 2. The molecule has 41 heavy (non-hydrogen) atoms. The van der Waals surface area contributed by atoms with Crippen molar-refractivity contribution in [2.75, 3.05) is 43.6 Å². The van der Waals surface area contributed by atoms with Gasteiger partial charge in [-0.2, -0.15) is 0 Å². The van der Waals surface area contributed by atoms with Gasteiger partial charge in [0.25, 0.3) is 5.91 Å². The normalized spacial score (nSPS) is 17.7. The van der Waals surface area contributed by atoms with Crippen molar-refractivity contribution in [3.8, 4) is 5.75 Å². The lowest BCUT2D eigenvalue weighted by atomic mass is 9.97. The molecule has 5 rings (SSSR count). The molecule has 1 N–H and O–H groups in total. The standard InChI is InChI=1S/C31H38N6O4/c1-18(2)27-28(35-23-16-41-24-11-9-8-10-21(23)24)32-15-22(34-27)29(38)37-13-12-36(17-31(37,5)6)25-14-19(3)26(20(4)33-25)30(39)40-7/h8-11,14-15,18,23H,12-13,16-17H2,1-7H3,(H,32,35). The molecule has 0 saturated carbocycles. The summed E-state index contributed by atoms with van der Waals surface area (Å²) in [5.74, 6) is 1.84. The highest BCUT2D eigenvalue weighted by Crippen LogP contribution is 2.35. The molecule has 0 spiro atoms. The number of aromatic nitrogens is 3. The molecule has 216 valence electrons. The number of pyridine rings is 1. The highest BCUT2D eigenvalue weighted by atomic mass is 16.5. The van der Waals surface area contributed by atoms with Crippen molar-refractivity contribution in [1.82, 2.24) is 19.9 Å². The first-order chi connectivity index (χ1) is 19.5. The van der Waals surface area contributed by atoms with Crippen LogP contribution in [0.1, 0.15) is 83.0 Å². The van der Waals surface area contributed by atoms with E-state index in [1.807, 2.05) is 76.8 Å². The molecule has 2 aliphatic heterocycles. The van der Waals surface area contributed by atoms with Crippen molar-refractivity contribution in [2.45, 2.75) is 59.0 Å². The van der Waals surface area contributed by atoms with Crippen molar-refractivity contribution in [3.63, 3.8) is 0 Å². The number of methoxy groups -OCH3 is 1. The summed E-state index contributed by atoms with van der Waals surface area (Å²) in [5, 5.41) is 3.49.